The number of methoxy groups -OCH3 is 1. The number of nitrogens with zero attached hydrogens (tertiary/aromatic N) is 2. The van der Waals surface area contributed by atoms with Crippen molar-refractivity contribution < 1.29 is 14.3 Å². The van der Waals surface area contributed by atoms with Gasteiger partial charge in [-0.25, -0.2) is 4.99 Å². The summed E-state index contributed by atoms with van der Waals surface area (Å²) in [6, 6.07) is 11.2. The number of amides is 1. The predicted octanol–water partition coefficient (Wildman–Crippen LogP) is 5.03. The molecule has 0 atom stereocenters. The molecule has 2 aromatic carbocycles. The smallest absolute Gasteiger partial charge is 0.266 e. The third kappa shape index (κ3) is 5.14. The van der Waals surface area contributed by atoms with Crippen LogP contribution >= 0.6 is 23.4 Å². The van der Waals surface area contributed by atoms with Crippen molar-refractivity contribution in [1.29, 1.82) is 0 Å². The lowest BCUT2D eigenvalue weighted by atomic mass is 10.1. The molecule has 5 nitrogen and oxygen atoms in total. The Morgan fingerprint density at radius 1 is 1.34 bits per heavy atom. The highest BCUT2D eigenvalue weighted by molar-refractivity contribution is 8.14. The topological polar surface area (TPSA) is 51.1 Å². The molecule has 7 heteroatoms. The number of thioether (sulfide) groups is 1. The first kappa shape index (κ1) is 21.3. The number of allylic oxidation sites excluding steroid dienone is 1. The van der Waals surface area contributed by atoms with Crippen LogP contribution < -0.4 is 9.47 Å². The van der Waals surface area contributed by atoms with Crippen LogP contribution in [0.5, 0.6) is 11.5 Å². The van der Waals surface area contributed by atoms with Gasteiger partial charge in [-0.3, -0.25) is 9.69 Å². The lowest BCUT2D eigenvalue weighted by molar-refractivity contribution is -0.129. The van der Waals surface area contributed by atoms with Crippen molar-refractivity contribution in [3.63, 3.8) is 0 Å². The van der Waals surface area contributed by atoms with Gasteiger partial charge in [0.05, 0.1) is 12.8 Å². The monoisotopic (exact) mass is 430 g/mol. The van der Waals surface area contributed by atoms with E-state index in [0.717, 1.165) is 29.0 Å². The number of hydrogen-bond acceptors (Lipinski definition) is 5. The summed E-state index contributed by atoms with van der Waals surface area (Å²) in [6.07, 6.45) is 2.57. The Morgan fingerprint density at radius 2 is 2.17 bits per heavy atom. The molecule has 1 amide bonds. The summed E-state index contributed by atoms with van der Waals surface area (Å²) < 4.78 is 11.1. The molecule has 1 saturated heterocycles. The number of ether oxygens (including phenoxy) is 2. The minimum absolute atomic E-state index is 0.0920. The lowest BCUT2D eigenvalue weighted by Crippen LogP contribution is -2.35. The van der Waals surface area contributed by atoms with E-state index < -0.39 is 0 Å². The minimum atomic E-state index is -0.148. The van der Waals surface area contributed by atoms with Crippen LogP contribution in [0.25, 0.3) is 0 Å². The molecule has 1 aliphatic rings. The zero-order valence-electron chi connectivity index (χ0n) is 16.5. The zero-order valence-corrected chi connectivity index (χ0v) is 18.1. The molecule has 0 saturated carbocycles. The van der Waals surface area contributed by atoms with Crippen LogP contribution in [0, 0.1) is 6.92 Å². The van der Waals surface area contributed by atoms with E-state index in [1.807, 2.05) is 49.4 Å². The highest BCUT2D eigenvalue weighted by atomic mass is 35.5. The summed E-state index contributed by atoms with van der Waals surface area (Å²) >= 11 is 7.73. The summed E-state index contributed by atoms with van der Waals surface area (Å²) in [4.78, 5) is 19.1. The van der Waals surface area contributed by atoms with Crippen LogP contribution in [-0.2, 0) is 11.2 Å². The van der Waals surface area contributed by atoms with Crippen molar-refractivity contribution in [2.24, 2.45) is 4.99 Å². The summed E-state index contributed by atoms with van der Waals surface area (Å²) in [5.74, 6) is 1.77. The van der Waals surface area contributed by atoms with E-state index in [1.54, 1.807) is 23.8 Å². The average molecular weight is 431 g/mol. The number of benzene rings is 2. The number of rotatable bonds is 7. The number of aliphatic imine (C=N–C) groups is 1. The molecule has 0 aromatic heterocycles. The Kier molecular flexibility index (Phi) is 7.23. The quantitative estimate of drug-likeness (QED) is 0.578. The SMILES string of the molecule is C=CCc1ccc(OCC(=O)N2CCSC2=Nc2cccc(Cl)c2C)c(OC)c1. The largest absolute Gasteiger partial charge is 0.493 e. The first-order valence-corrected chi connectivity index (χ1v) is 10.6. The van der Waals surface area contributed by atoms with Gasteiger partial charge in [0, 0.05) is 17.3 Å². The molecule has 3 rings (SSSR count). The van der Waals surface area contributed by atoms with Crippen molar-refractivity contribution >= 4 is 40.1 Å². The summed E-state index contributed by atoms with van der Waals surface area (Å²) in [7, 11) is 1.58. The lowest BCUT2D eigenvalue weighted by Gasteiger charge is -2.17. The van der Waals surface area contributed by atoms with Crippen molar-refractivity contribution in [3.05, 3.63) is 65.2 Å². The third-order valence-corrected chi connectivity index (χ3v) is 5.86. The molecule has 1 fully saturated rings. The Hall–Kier alpha value is -2.44. The molecular formula is C22H23ClN2O3S. The Bertz CT molecular complexity index is 946. The van der Waals surface area contributed by atoms with E-state index in [4.69, 9.17) is 21.1 Å². The predicted molar refractivity (Wildman–Crippen MR) is 120 cm³/mol. The minimum Gasteiger partial charge on any atom is -0.493 e. The summed E-state index contributed by atoms with van der Waals surface area (Å²) in [5.41, 5.74) is 2.72. The van der Waals surface area contributed by atoms with E-state index in [0.29, 0.717) is 28.2 Å². The second-order valence-electron chi connectivity index (χ2n) is 6.44. The van der Waals surface area contributed by atoms with Gasteiger partial charge < -0.3 is 9.47 Å². The molecule has 0 N–H and O–H groups in total. The average Bonchev–Trinajstić information content (AvgIpc) is 3.18. The van der Waals surface area contributed by atoms with Gasteiger partial charge in [-0.15, -0.1) is 6.58 Å². The van der Waals surface area contributed by atoms with Crippen LogP contribution in [0.15, 0.2) is 54.0 Å². The van der Waals surface area contributed by atoms with E-state index in [-0.39, 0.29) is 12.5 Å². The van der Waals surface area contributed by atoms with Crippen LogP contribution in [0.4, 0.5) is 5.69 Å². The van der Waals surface area contributed by atoms with Crippen molar-refractivity contribution in [1.82, 2.24) is 4.90 Å². The Labute approximate surface area is 180 Å². The van der Waals surface area contributed by atoms with E-state index >= 15 is 0 Å². The van der Waals surface area contributed by atoms with Gasteiger partial charge >= 0.3 is 0 Å². The van der Waals surface area contributed by atoms with Crippen LogP contribution in [0.1, 0.15) is 11.1 Å². The molecule has 152 valence electrons. The number of halogens is 1. The summed E-state index contributed by atoms with van der Waals surface area (Å²) in [6.45, 7) is 6.16. The molecule has 1 heterocycles. The molecule has 0 unspecified atom stereocenters. The number of amidine groups is 1. The van der Waals surface area contributed by atoms with Crippen molar-refractivity contribution in [3.8, 4) is 11.5 Å². The van der Waals surface area contributed by atoms with Gasteiger partial charge in [-0.05, 0) is 48.7 Å². The second kappa shape index (κ2) is 9.85. The first-order valence-electron chi connectivity index (χ1n) is 9.21. The second-order valence-corrected chi connectivity index (χ2v) is 7.91. The Morgan fingerprint density at radius 3 is 2.93 bits per heavy atom. The summed E-state index contributed by atoms with van der Waals surface area (Å²) in [5, 5.41) is 1.32. The Balaban J connectivity index is 1.71. The molecule has 29 heavy (non-hydrogen) atoms. The van der Waals surface area contributed by atoms with E-state index in [1.165, 1.54) is 0 Å². The zero-order chi connectivity index (χ0) is 20.8. The number of hydrogen-bond donors (Lipinski definition) is 0. The molecule has 2 aromatic rings. The highest BCUT2D eigenvalue weighted by Crippen LogP contribution is 2.30. The van der Waals surface area contributed by atoms with Gasteiger partial charge in [-0.1, -0.05) is 41.6 Å². The maximum Gasteiger partial charge on any atom is 0.266 e. The van der Waals surface area contributed by atoms with Crippen LogP contribution in [0.3, 0.4) is 0 Å². The van der Waals surface area contributed by atoms with Gasteiger partial charge in [0.15, 0.2) is 23.3 Å². The maximum atomic E-state index is 12.8. The van der Waals surface area contributed by atoms with Crippen molar-refractivity contribution in [2.75, 3.05) is 26.0 Å². The number of carbonyl (C=O) groups is 1. The molecule has 0 radical (unpaired) electrons. The van der Waals surface area contributed by atoms with Crippen LogP contribution in [-0.4, -0.2) is 42.0 Å². The molecule has 1 aliphatic heterocycles. The van der Waals surface area contributed by atoms with E-state index in [2.05, 4.69) is 11.6 Å². The molecular weight excluding hydrogens is 408 g/mol. The van der Waals surface area contributed by atoms with E-state index in [9.17, 15) is 4.79 Å². The first-order chi connectivity index (χ1) is 14.0. The van der Waals surface area contributed by atoms with Gasteiger partial charge in [0.25, 0.3) is 5.91 Å². The molecule has 0 spiro atoms. The number of carbonyl (C=O) groups excluding carboxylic acids is 1. The van der Waals surface area contributed by atoms with Gasteiger partial charge in [-0.2, -0.15) is 0 Å². The highest BCUT2D eigenvalue weighted by Gasteiger charge is 2.26. The third-order valence-electron chi connectivity index (χ3n) is 4.49. The standard InChI is InChI=1S/C22H23ClN2O3S/c1-4-6-16-9-10-19(20(13-16)27-3)28-14-21(26)25-11-12-29-22(25)24-18-8-5-7-17(23)15(18)2/h4-5,7-10,13H,1,6,11-12,14H2,2-3H3. The molecule has 0 aliphatic carbocycles. The molecule has 0 bridgehead atoms. The fraction of sp³-hybridized carbons (Fsp3) is 0.273. The normalized spacial score (nSPS) is 14.9. The fourth-order valence-corrected chi connectivity index (χ4v) is 4.03. The maximum absolute atomic E-state index is 12.8. The van der Waals surface area contributed by atoms with Gasteiger partial charge in [0.2, 0.25) is 0 Å². The fourth-order valence-electron chi connectivity index (χ4n) is 2.89. The van der Waals surface area contributed by atoms with Crippen molar-refractivity contribution in [2.45, 2.75) is 13.3 Å². The van der Waals surface area contributed by atoms with Gasteiger partial charge in [0.1, 0.15) is 0 Å². The van der Waals surface area contributed by atoms with Crippen LogP contribution in [0.2, 0.25) is 5.02 Å².